The summed E-state index contributed by atoms with van der Waals surface area (Å²) in [5, 5.41) is 4.41. The second-order valence-electron chi connectivity index (χ2n) is 4.01. The van der Waals surface area contributed by atoms with Crippen LogP contribution in [0.1, 0.15) is 5.82 Å². The first-order chi connectivity index (χ1) is 9.28. The molecule has 0 bridgehead atoms. The third-order valence-electron chi connectivity index (χ3n) is 2.70. The molecule has 3 rings (SSSR count). The minimum atomic E-state index is 0.378. The molecule has 19 heavy (non-hydrogen) atoms. The van der Waals surface area contributed by atoms with E-state index in [1.807, 2.05) is 30.3 Å². The fourth-order valence-electron chi connectivity index (χ4n) is 1.87. The molecule has 0 aliphatic rings. The molecule has 96 valence electrons. The number of benzene rings is 1. The second kappa shape index (κ2) is 5.07. The highest BCUT2D eigenvalue weighted by molar-refractivity contribution is 9.10. The van der Waals surface area contributed by atoms with Crippen LogP contribution in [-0.2, 0) is 11.3 Å². The summed E-state index contributed by atoms with van der Waals surface area (Å²) < 4.78 is 7.82. The number of nitrogens with zero attached hydrogens (tertiary/aromatic N) is 4. The normalized spacial score (nSPS) is 11.1. The van der Waals surface area contributed by atoms with Gasteiger partial charge in [-0.05, 0) is 18.2 Å². The fraction of sp³-hybridized carbons (Fsp3) is 0.154. The van der Waals surface area contributed by atoms with Crippen molar-refractivity contribution in [2.45, 2.75) is 6.61 Å². The number of methoxy groups -OCH3 is 1. The van der Waals surface area contributed by atoms with Gasteiger partial charge in [0.2, 0.25) is 0 Å². The van der Waals surface area contributed by atoms with E-state index in [0.717, 1.165) is 15.7 Å². The van der Waals surface area contributed by atoms with Crippen molar-refractivity contribution >= 4 is 21.7 Å². The Bertz CT molecular complexity index is 708. The lowest BCUT2D eigenvalue weighted by atomic mass is 10.1. The molecule has 6 heteroatoms. The van der Waals surface area contributed by atoms with Crippen molar-refractivity contribution in [1.29, 1.82) is 0 Å². The van der Waals surface area contributed by atoms with Crippen LogP contribution in [0, 0.1) is 0 Å². The molecule has 0 amide bonds. The van der Waals surface area contributed by atoms with Gasteiger partial charge in [-0.2, -0.15) is 9.50 Å². The van der Waals surface area contributed by atoms with Gasteiger partial charge in [-0.3, -0.25) is 0 Å². The van der Waals surface area contributed by atoms with Crippen molar-refractivity contribution in [1.82, 2.24) is 19.6 Å². The number of fused-ring (bicyclic) bond motifs is 1. The van der Waals surface area contributed by atoms with Crippen LogP contribution in [0.25, 0.3) is 17.0 Å². The fourth-order valence-corrected chi connectivity index (χ4v) is 2.13. The van der Waals surface area contributed by atoms with E-state index in [-0.39, 0.29) is 0 Å². The van der Waals surface area contributed by atoms with Gasteiger partial charge < -0.3 is 4.74 Å². The molecule has 0 spiro atoms. The minimum Gasteiger partial charge on any atom is -0.377 e. The number of aromatic nitrogens is 4. The zero-order valence-corrected chi connectivity index (χ0v) is 11.8. The Hall–Kier alpha value is -1.79. The van der Waals surface area contributed by atoms with Crippen molar-refractivity contribution in [3.8, 4) is 11.3 Å². The van der Waals surface area contributed by atoms with E-state index >= 15 is 0 Å². The first-order valence-electron chi connectivity index (χ1n) is 5.73. The molecular formula is C13H11BrN4O. The van der Waals surface area contributed by atoms with E-state index in [9.17, 15) is 0 Å². The van der Waals surface area contributed by atoms with Crippen molar-refractivity contribution in [2.24, 2.45) is 0 Å². The molecular weight excluding hydrogens is 308 g/mol. The second-order valence-corrected chi connectivity index (χ2v) is 4.93. The molecule has 3 aromatic rings. The topological polar surface area (TPSA) is 52.3 Å². The van der Waals surface area contributed by atoms with Crippen LogP contribution in [-0.4, -0.2) is 26.7 Å². The zero-order chi connectivity index (χ0) is 13.2. The summed E-state index contributed by atoms with van der Waals surface area (Å²) in [5.74, 6) is 1.20. The predicted molar refractivity (Wildman–Crippen MR) is 74.6 cm³/mol. The van der Waals surface area contributed by atoms with Crippen molar-refractivity contribution in [2.75, 3.05) is 7.11 Å². The number of ether oxygens (including phenoxy) is 1. The van der Waals surface area contributed by atoms with Gasteiger partial charge in [0, 0.05) is 23.3 Å². The minimum absolute atomic E-state index is 0.378. The van der Waals surface area contributed by atoms with Gasteiger partial charge in [0.05, 0.1) is 5.69 Å². The van der Waals surface area contributed by atoms with Crippen LogP contribution in [0.4, 0.5) is 0 Å². The van der Waals surface area contributed by atoms with Gasteiger partial charge in [-0.1, -0.05) is 28.1 Å². The van der Waals surface area contributed by atoms with Crippen molar-refractivity contribution < 1.29 is 4.74 Å². The first-order valence-corrected chi connectivity index (χ1v) is 6.53. The van der Waals surface area contributed by atoms with Gasteiger partial charge in [-0.15, -0.1) is 5.10 Å². The highest BCUT2D eigenvalue weighted by atomic mass is 79.9. The van der Waals surface area contributed by atoms with Gasteiger partial charge in [-0.25, -0.2) is 4.98 Å². The largest absolute Gasteiger partial charge is 0.377 e. The first kappa shape index (κ1) is 12.3. The smallest absolute Gasteiger partial charge is 0.253 e. The average Bonchev–Trinajstić information content (AvgIpc) is 2.82. The van der Waals surface area contributed by atoms with Crippen molar-refractivity contribution in [3.63, 3.8) is 0 Å². The molecule has 5 nitrogen and oxygen atoms in total. The summed E-state index contributed by atoms with van der Waals surface area (Å²) in [4.78, 5) is 8.53. The van der Waals surface area contributed by atoms with Gasteiger partial charge in [0.15, 0.2) is 5.82 Å². The molecule has 0 N–H and O–H groups in total. The molecule has 2 aromatic heterocycles. The maximum atomic E-state index is 5.05. The number of hydrogen-bond donors (Lipinski definition) is 0. The van der Waals surface area contributed by atoms with E-state index < -0.39 is 0 Å². The lowest BCUT2D eigenvalue weighted by molar-refractivity contribution is 0.178. The zero-order valence-electron chi connectivity index (χ0n) is 10.2. The Morgan fingerprint density at radius 1 is 1.21 bits per heavy atom. The Labute approximate surface area is 118 Å². The third-order valence-corrected chi connectivity index (χ3v) is 3.23. The van der Waals surface area contributed by atoms with Crippen LogP contribution in [0.5, 0.6) is 0 Å². The summed E-state index contributed by atoms with van der Waals surface area (Å²) >= 11 is 3.43. The summed E-state index contributed by atoms with van der Waals surface area (Å²) in [6.45, 7) is 0.378. The Morgan fingerprint density at radius 3 is 2.74 bits per heavy atom. The lowest BCUT2D eigenvalue weighted by Gasteiger charge is -2.03. The summed E-state index contributed by atoms with van der Waals surface area (Å²) in [6, 6.07) is 9.96. The Morgan fingerprint density at radius 2 is 2.00 bits per heavy atom. The van der Waals surface area contributed by atoms with E-state index in [0.29, 0.717) is 18.2 Å². The SMILES string of the molecule is COCc1nc2nccc(-c3ccc(Br)cc3)n2n1. The highest BCUT2D eigenvalue weighted by Gasteiger charge is 2.09. The standard InChI is InChI=1S/C13H11BrN4O/c1-19-8-12-16-13-15-7-6-11(18(13)17-12)9-2-4-10(14)5-3-9/h2-7H,8H2,1H3. The Kier molecular flexibility index (Phi) is 3.27. The van der Waals surface area contributed by atoms with Crippen LogP contribution in [0.2, 0.25) is 0 Å². The van der Waals surface area contributed by atoms with E-state index in [1.54, 1.807) is 17.8 Å². The van der Waals surface area contributed by atoms with Gasteiger partial charge in [0.25, 0.3) is 5.78 Å². The summed E-state index contributed by atoms with van der Waals surface area (Å²) in [6.07, 6.45) is 1.73. The lowest BCUT2D eigenvalue weighted by Crippen LogP contribution is -1.96. The van der Waals surface area contributed by atoms with Crippen LogP contribution >= 0.6 is 15.9 Å². The molecule has 0 aliphatic heterocycles. The molecule has 2 heterocycles. The van der Waals surface area contributed by atoms with Crippen LogP contribution in [0.15, 0.2) is 41.0 Å². The predicted octanol–water partition coefficient (Wildman–Crippen LogP) is 2.70. The summed E-state index contributed by atoms with van der Waals surface area (Å²) in [5.41, 5.74) is 2.01. The molecule has 0 saturated carbocycles. The number of rotatable bonds is 3. The van der Waals surface area contributed by atoms with E-state index in [4.69, 9.17) is 4.74 Å². The quantitative estimate of drug-likeness (QED) is 0.745. The maximum Gasteiger partial charge on any atom is 0.253 e. The van der Waals surface area contributed by atoms with Gasteiger partial charge in [0.1, 0.15) is 6.61 Å². The third kappa shape index (κ3) is 2.36. The molecule has 0 saturated heterocycles. The van der Waals surface area contributed by atoms with Crippen LogP contribution in [0.3, 0.4) is 0 Å². The monoisotopic (exact) mass is 318 g/mol. The molecule has 0 aliphatic carbocycles. The average molecular weight is 319 g/mol. The number of hydrogen-bond acceptors (Lipinski definition) is 4. The van der Waals surface area contributed by atoms with Gasteiger partial charge >= 0.3 is 0 Å². The number of halogens is 1. The molecule has 0 fully saturated rings. The van der Waals surface area contributed by atoms with E-state index in [1.165, 1.54) is 0 Å². The molecule has 0 unspecified atom stereocenters. The van der Waals surface area contributed by atoms with E-state index in [2.05, 4.69) is 31.0 Å². The molecule has 1 aromatic carbocycles. The summed E-state index contributed by atoms with van der Waals surface area (Å²) in [7, 11) is 1.62. The molecule has 0 atom stereocenters. The maximum absolute atomic E-state index is 5.05. The van der Waals surface area contributed by atoms with Crippen molar-refractivity contribution in [3.05, 3.63) is 46.8 Å². The molecule has 0 radical (unpaired) electrons. The highest BCUT2D eigenvalue weighted by Crippen LogP contribution is 2.21. The van der Waals surface area contributed by atoms with Crippen LogP contribution < -0.4 is 0 Å². The Balaban J connectivity index is 2.15.